The summed E-state index contributed by atoms with van der Waals surface area (Å²) in [6, 6.07) is 9.74. The zero-order chi connectivity index (χ0) is 13.8. The lowest BCUT2D eigenvalue weighted by atomic mass is 10.1. The molecule has 1 saturated heterocycles. The van der Waals surface area contributed by atoms with Gasteiger partial charge >= 0.3 is 0 Å². The van der Waals surface area contributed by atoms with Gasteiger partial charge in [0.05, 0.1) is 0 Å². The first kappa shape index (κ1) is 12.6. The summed E-state index contributed by atoms with van der Waals surface area (Å²) in [4.78, 5) is 13.8. The molecule has 1 aromatic heterocycles. The second-order valence-corrected chi connectivity index (χ2v) is 4.66. The summed E-state index contributed by atoms with van der Waals surface area (Å²) in [7, 11) is 0. The van der Waals surface area contributed by atoms with Crippen LogP contribution in [0.15, 0.2) is 30.3 Å². The lowest BCUT2D eigenvalue weighted by Gasteiger charge is -2.31. The van der Waals surface area contributed by atoms with Crippen molar-refractivity contribution in [1.82, 2.24) is 25.5 Å². The molecular formula is C13H15N5O2. The molecule has 1 aromatic carbocycles. The highest BCUT2D eigenvalue weighted by Gasteiger charge is 2.26. The molecule has 1 N–H and O–H groups in total. The normalized spacial score (nSPS) is 16.1. The average Bonchev–Trinajstić information content (AvgIpc) is 3.03. The van der Waals surface area contributed by atoms with Crippen LogP contribution in [0.3, 0.4) is 0 Å². The number of hydrogen-bond donors (Lipinski definition) is 1. The van der Waals surface area contributed by atoms with Crippen molar-refractivity contribution in [2.75, 3.05) is 13.1 Å². The number of carbonyl (C=O) groups is 1. The molecule has 1 aliphatic heterocycles. The SMILES string of the molecule is O=C(c1nn[nH]n1)N1CCC(Oc2ccccc2)CC1. The monoisotopic (exact) mass is 273 g/mol. The maximum Gasteiger partial charge on any atom is 0.295 e. The number of aromatic nitrogens is 4. The van der Waals surface area contributed by atoms with E-state index in [1.54, 1.807) is 4.90 Å². The van der Waals surface area contributed by atoms with E-state index in [-0.39, 0.29) is 17.8 Å². The number of ether oxygens (including phenoxy) is 1. The molecule has 0 aliphatic carbocycles. The highest BCUT2D eigenvalue weighted by atomic mass is 16.5. The summed E-state index contributed by atoms with van der Waals surface area (Å²) >= 11 is 0. The lowest BCUT2D eigenvalue weighted by Crippen LogP contribution is -2.42. The van der Waals surface area contributed by atoms with E-state index in [0.29, 0.717) is 13.1 Å². The molecule has 1 aliphatic rings. The molecule has 7 nitrogen and oxygen atoms in total. The number of amides is 1. The van der Waals surface area contributed by atoms with Gasteiger partial charge in [-0.3, -0.25) is 4.79 Å². The highest BCUT2D eigenvalue weighted by molar-refractivity contribution is 5.90. The number of benzene rings is 1. The molecule has 0 radical (unpaired) electrons. The summed E-state index contributed by atoms with van der Waals surface area (Å²) in [5, 5.41) is 13.1. The topological polar surface area (TPSA) is 84.0 Å². The van der Waals surface area contributed by atoms with E-state index in [9.17, 15) is 4.79 Å². The van der Waals surface area contributed by atoms with Crippen LogP contribution in [0.5, 0.6) is 5.75 Å². The molecule has 0 unspecified atom stereocenters. The maximum absolute atomic E-state index is 12.0. The van der Waals surface area contributed by atoms with Crippen LogP contribution in [0.4, 0.5) is 0 Å². The van der Waals surface area contributed by atoms with E-state index < -0.39 is 0 Å². The zero-order valence-electron chi connectivity index (χ0n) is 10.9. The third-order valence-electron chi connectivity index (χ3n) is 3.31. The second-order valence-electron chi connectivity index (χ2n) is 4.66. The third kappa shape index (κ3) is 2.76. The van der Waals surface area contributed by atoms with E-state index in [0.717, 1.165) is 18.6 Å². The number of nitrogens with zero attached hydrogens (tertiary/aromatic N) is 4. The van der Waals surface area contributed by atoms with Crippen molar-refractivity contribution in [1.29, 1.82) is 0 Å². The molecule has 104 valence electrons. The molecule has 2 aromatic rings. The number of hydrogen-bond acceptors (Lipinski definition) is 5. The van der Waals surface area contributed by atoms with Gasteiger partial charge in [0.1, 0.15) is 11.9 Å². The fourth-order valence-electron chi connectivity index (χ4n) is 2.26. The minimum absolute atomic E-state index is 0.118. The van der Waals surface area contributed by atoms with Crippen molar-refractivity contribution in [2.24, 2.45) is 0 Å². The van der Waals surface area contributed by atoms with Gasteiger partial charge in [0, 0.05) is 25.9 Å². The molecule has 1 amide bonds. The van der Waals surface area contributed by atoms with Gasteiger partial charge in [0.2, 0.25) is 0 Å². The zero-order valence-corrected chi connectivity index (χ0v) is 10.9. The smallest absolute Gasteiger partial charge is 0.295 e. The number of H-pyrrole nitrogens is 1. The number of likely N-dealkylation sites (tertiary alicyclic amines) is 1. The van der Waals surface area contributed by atoms with Crippen LogP contribution in [0.2, 0.25) is 0 Å². The van der Waals surface area contributed by atoms with Gasteiger partial charge in [0.15, 0.2) is 0 Å². The number of para-hydroxylation sites is 1. The Morgan fingerprint density at radius 3 is 2.65 bits per heavy atom. The fourth-order valence-corrected chi connectivity index (χ4v) is 2.26. The molecule has 0 bridgehead atoms. The first-order chi connectivity index (χ1) is 9.83. The van der Waals surface area contributed by atoms with E-state index >= 15 is 0 Å². The first-order valence-corrected chi connectivity index (χ1v) is 6.57. The minimum Gasteiger partial charge on any atom is -0.490 e. The predicted molar refractivity (Wildman–Crippen MR) is 70.2 cm³/mol. The number of piperidine rings is 1. The average molecular weight is 273 g/mol. The summed E-state index contributed by atoms with van der Waals surface area (Å²) < 4.78 is 5.89. The van der Waals surface area contributed by atoms with Crippen molar-refractivity contribution in [3.8, 4) is 5.75 Å². The second kappa shape index (κ2) is 5.68. The Bertz CT molecular complexity index is 549. The summed E-state index contributed by atoms with van der Waals surface area (Å²) in [6.07, 6.45) is 1.75. The Morgan fingerprint density at radius 2 is 2.00 bits per heavy atom. The molecule has 1 fully saturated rings. The van der Waals surface area contributed by atoms with E-state index in [1.807, 2.05) is 30.3 Å². The highest BCUT2D eigenvalue weighted by Crippen LogP contribution is 2.19. The number of carbonyl (C=O) groups excluding carboxylic acids is 1. The van der Waals surface area contributed by atoms with Crippen LogP contribution in [0, 0.1) is 0 Å². The number of nitrogens with one attached hydrogen (secondary N) is 1. The lowest BCUT2D eigenvalue weighted by molar-refractivity contribution is 0.0584. The fraction of sp³-hybridized carbons (Fsp3) is 0.385. The van der Waals surface area contributed by atoms with Gasteiger partial charge in [-0.1, -0.05) is 18.2 Å². The van der Waals surface area contributed by atoms with Crippen LogP contribution < -0.4 is 4.74 Å². The van der Waals surface area contributed by atoms with Gasteiger partial charge < -0.3 is 9.64 Å². The first-order valence-electron chi connectivity index (χ1n) is 6.57. The maximum atomic E-state index is 12.0. The van der Waals surface area contributed by atoms with E-state index in [2.05, 4.69) is 20.6 Å². The molecular weight excluding hydrogens is 258 g/mol. The van der Waals surface area contributed by atoms with Crippen LogP contribution in [-0.4, -0.2) is 50.6 Å². The van der Waals surface area contributed by atoms with Crippen molar-refractivity contribution in [3.63, 3.8) is 0 Å². The summed E-state index contributed by atoms with van der Waals surface area (Å²) in [6.45, 7) is 1.29. The number of tetrazole rings is 1. The molecule has 3 rings (SSSR count). The summed E-state index contributed by atoms with van der Waals surface area (Å²) in [5.41, 5.74) is 0. The molecule has 0 atom stereocenters. The van der Waals surface area contributed by atoms with Crippen LogP contribution >= 0.6 is 0 Å². The van der Waals surface area contributed by atoms with Crippen molar-refractivity contribution >= 4 is 5.91 Å². The van der Waals surface area contributed by atoms with Crippen molar-refractivity contribution in [2.45, 2.75) is 18.9 Å². The van der Waals surface area contributed by atoms with Crippen LogP contribution in [0.25, 0.3) is 0 Å². The van der Waals surface area contributed by atoms with E-state index in [4.69, 9.17) is 4.74 Å². The molecule has 0 spiro atoms. The number of rotatable bonds is 3. The van der Waals surface area contributed by atoms with Gasteiger partial charge in [-0.25, -0.2) is 0 Å². The summed E-state index contributed by atoms with van der Waals surface area (Å²) in [5.74, 6) is 0.805. The molecule has 0 saturated carbocycles. The van der Waals surface area contributed by atoms with Crippen molar-refractivity contribution < 1.29 is 9.53 Å². The minimum atomic E-state index is -0.183. The molecule has 7 heteroatoms. The Morgan fingerprint density at radius 1 is 1.25 bits per heavy atom. The Balaban J connectivity index is 1.53. The predicted octanol–water partition coefficient (Wildman–Crippen LogP) is 0.883. The molecule has 2 heterocycles. The van der Waals surface area contributed by atoms with Gasteiger partial charge in [-0.15, -0.1) is 10.2 Å². The standard InChI is InChI=1S/C13H15N5O2/c19-13(12-14-16-17-15-12)18-8-6-11(7-9-18)20-10-4-2-1-3-5-10/h1-5,11H,6-9H2,(H,14,15,16,17). The van der Waals surface area contributed by atoms with E-state index in [1.165, 1.54) is 0 Å². The Kier molecular flexibility index (Phi) is 3.58. The Labute approximate surface area is 115 Å². The van der Waals surface area contributed by atoms with Gasteiger partial charge in [-0.05, 0) is 17.3 Å². The number of aromatic amines is 1. The third-order valence-corrected chi connectivity index (χ3v) is 3.31. The van der Waals surface area contributed by atoms with Gasteiger partial charge in [-0.2, -0.15) is 5.21 Å². The quantitative estimate of drug-likeness (QED) is 0.897. The van der Waals surface area contributed by atoms with Gasteiger partial charge in [0.25, 0.3) is 11.7 Å². The van der Waals surface area contributed by atoms with Crippen LogP contribution in [-0.2, 0) is 0 Å². The largest absolute Gasteiger partial charge is 0.490 e. The van der Waals surface area contributed by atoms with Crippen LogP contribution in [0.1, 0.15) is 23.5 Å². The molecule has 20 heavy (non-hydrogen) atoms. The Hall–Kier alpha value is -2.44. The van der Waals surface area contributed by atoms with Crippen molar-refractivity contribution in [3.05, 3.63) is 36.2 Å².